The van der Waals surface area contributed by atoms with Crippen molar-refractivity contribution >= 4 is 6.03 Å². The Morgan fingerprint density at radius 2 is 2.30 bits per heavy atom. The number of carbonyl (C=O) groups is 1. The molecule has 1 aromatic heterocycles. The van der Waals surface area contributed by atoms with Gasteiger partial charge in [-0.15, -0.1) is 0 Å². The molecule has 1 atom stereocenters. The van der Waals surface area contributed by atoms with Gasteiger partial charge in [-0.1, -0.05) is 0 Å². The lowest BCUT2D eigenvalue weighted by molar-refractivity contribution is 0.139. The molecule has 6 nitrogen and oxygen atoms in total. The van der Waals surface area contributed by atoms with Gasteiger partial charge in [0.1, 0.15) is 0 Å². The van der Waals surface area contributed by atoms with Crippen molar-refractivity contribution in [2.45, 2.75) is 39.3 Å². The molecule has 0 spiro atoms. The molecule has 1 saturated heterocycles. The molecule has 1 fully saturated rings. The van der Waals surface area contributed by atoms with Gasteiger partial charge in [0.05, 0.1) is 7.11 Å². The van der Waals surface area contributed by atoms with Crippen LogP contribution in [-0.2, 0) is 6.54 Å². The van der Waals surface area contributed by atoms with Gasteiger partial charge in [-0.3, -0.25) is 0 Å². The lowest BCUT2D eigenvalue weighted by Crippen LogP contribution is -2.45. The fourth-order valence-electron chi connectivity index (χ4n) is 2.89. The third-order valence-corrected chi connectivity index (χ3v) is 4.29. The van der Waals surface area contributed by atoms with E-state index in [1.807, 2.05) is 12.1 Å². The molecular weight excluding hydrogens is 292 g/mol. The Labute approximate surface area is 138 Å². The van der Waals surface area contributed by atoms with Gasteiger partial charge < -0.3 is 20.3 Å². The average molecular weight is 320 g/mol. The number of piperidine rings is 1. The number of nitrogens with one attached hydrogen (secondary N) is 2. The summed E-state index contributed by atoms with van der Waals surface area (Å²) in [6.07, 6.45) is 4.07. The maximum Gasteiger partial charge on any atom is 0.315 e. The second-order valence-electron chi connectivity index (χ2n) is 6.37. The van der Waals surface area contributed by atoms with Crippen LogP contribution in [-0.4, -0.2) is 48.7 Å². The standard InChI is InChI=1S/C17H28N4O2/c1-13(2)21-8-4-5-15(12-21)11-20-17(22)19-10-14-6-7-18-16(9-14)23-3/h6-7,9,13,15H,4-5,8,10-12H2,1-3H3,(H2,19,20,22). The summed E-state index contributed by atoms with van der Waals surface area (Å²) in [5, 5.41) is 5.86. The molecule has 2 rings (SSSR count). The molecule has 0 aliphatic carbocycles. The fourth-order valence-corrected chi connectivity index (χ4v) is 2.89. The second-order valence-corrected chi connectivity index (χ2v) is 6.37. The summed E-state index contributed by atoms with van der Waals surface area (Å²) in [4.78, 5) is 18.5. The van der Waals surface area contributed by atoms with Crippen LogP contribution in [0.4, 0.5) is 4.79 Å². The van der Waals surface area contributed by atoms with Gasteiger partial charge in [0, 0.05) is 37.9 Å². The molecule has 1 unspecified atom stereocenters. The van der Waals surface area contributed by atoms with Crippen LogP contribution < -0.4 is 15.4 Å². The van der Waals surface area contributed by atoms with Crippen LogP contribution in [0.2, 0.25) is 0 Å². The first-order valence-corrected chi connectivity index (χ1v) is 8.33. The van der Waals surface area contributed by atoms with E-state index in [2.05, 4.69) is 34.4 Å². The Hall–Kier alpha value is -1.82. The maximum absolute atomic E-state index is 11.9. The summed E-state index contributed by atoms with van der Waals surface area (Å²) in [7, 11) is 1.58. The minimum absolute atomic E-state index is 0.123. The number of amides is 2. The summed E-state index contributed by atoms with van der Waals surface area (Å²) in [5.41, 5.74) is 0.968. The fraction of sp³-hybridized carbons (Fsp3) is 0.647. The van der Waals surface area contributed by atoms with Crippen molar-refractivity contribution < 1.29 is 9.53 Å². The van der Waals surface area contributed by atoms with Gasteiger partial charge in [0.25, 0.3) is 0 Å². The molecule has 0 aromatic carbocycles. The van der Waals surface area contributed by atoms with E-state index in [0.717, 1.165) is 18.7 Å². The summed E-state index contributed by atoms with van der Waals surface area (Å²) >= 11 is 0. The number of urea groups is 1. The summed E-state index contributed by atoms with van der Waals surface area (Å²) in [6, 6.07) is 4.14. The van der Waals surface area contributed by atoms with Crippen LogP contribution in [0.25, 0.3) is 0 Å². The van der Waals surface area contributed by atoms with Gasteiger partial charge in [0.15, 0.2) is 0 Å². The van der Waals surface area contributed by atoms with E-state index in [0.29, 0.717) is 24.4 Å². The molecule has 2 N–H and O–H groups in total. The number of likely N-dealkylation sites (tertiary alicyclic amines) is 1. The highest BCUT2D eigenvalue weighted by Gasteiger charge is 2.21. The summed E-state index contributed by atoms with van der Waals surface area (Å²) < 4.78 is 5.07. The number of rotatable bonds is 6. The van der Waals surface area contributed by atoms with Crippen molar-refractivity contribution in [3.8, 4) is 5.88 Å². The van der Waals surface area contributed by atoms with Crippen molar-refractivity contribution in [2.24, 2.45) is 5.92 Å². The van der Waals surface area contributed by atoms with Crippen molar-refractivity contribution in [1.29, 1.82) is 0 Å². The molecule has 6 heteroatoms. The van der Waals surface area contributed by atoms with E-state index in [1.165, 1.54) is 19.4 Å². The van der Waals surface area contributed by atoms with Crippen molar-refractivity contribution in [3.05, 3.63) is 23.9 Å². The van der Waals surface area contributed by atoms with Crippen LogP contribution in [0.15, 0.2) is 18.3 Å². The Morgan fingerprint density at radius 1 is 1.48 bits per heavy atom. The predicted molar refractivity (Wildman–Crippen MR) is 90.5 cm³/mol. The van der Waals surface area contributed by atoms with Gasteiger partial charge in [-0.25, -0.2) is 9.78 Å². The quantitative estimate of drug-likeness (QED) is 0.841. The molecule has 1 aliphatic rings. The third kappa shape index (κ3) is 5.71. The normalized spacial score (nSPS) is 18.7. The first-order chi connectivity index (χ1) is 11.1. The van der Waals surface area contributed by atoms with Crippen LogP contribution in [0.1, 0.15) is 32.3 Å². The molecule has 0 radical (unpaired) electrons. The number of methoxy groups -OCH3 is 1. The highest BCUT2D eigenvalue weighted by atomic mass is 16.5. The number of ether oxygens (including phenoxy) is 1. The molecule has 128 valence electrons. The van der Waals surface area contributed by atoms with Crippen LogP contribution >= 0.6 is 0 Å². The second kappa shape index (κ2) is 8.72. The molecular formula is C17H28N4O2. The topological polar surface area (TPSA) is 66.5 Å². The SMILES string of the molecule is COc1cc(CNC(=O)NCC2CCCN(C(C)C)C2)ccn1. The maximum atomic E-state index is 11.9. The zero-order valence-corrected chi connectivity index (χ0v) is 14.3. The van der Waals surface area contributed by atoms with E-state index in [9.17, 15) is 4.79 Å². The molecule has 1 aromatic rings. The van der Waals surface area contributed by atoms with E-state index in [4.69, 9.17) is 4.74 Å². The lowest BCUT2D eigenvalue weighted by Gasteiger charge is -2.35. The van der Waals surface area contributed by atoms with Crippen molar-refractivity contribution in [3.63, 3.8) is 0 Å². The van der Waals surface area contributed by atoms with Crippen molar-refractivity contribution in [1.82, 2.24) is 20.5 Å². The molecule has 2 heterocycles. The summed E-state index contributed by atoms with van der Waals surface area (Å²) in [5.74, 6) is 1.10. The van der Waals surface area contributed by atoms with Crippen LogP contribution in [0.5, 0.6) is 5.88 Å². The minimum atomic E-state index is -0.123. The molecule has 1 aliphatic heterocycles. The highest BCUT2D eigenvalue weighted by Crippen LogP contribution is 2.17. The number of nitrogens with zero attached hydrogens (tertiary/aromatic N) is 2. The first-order valence-electron chi connectivity index (χ1n) is 8.33. The number of aromatic nitrogens is 1. The monoisotopic (exact) mass is 320 g/mol. The number of carbonyl (C=O) groups excluding carboxylic acids is 1. The minimum Gasteiger partial charge on any atom is -0.481 e. The Balaban J connectivity index is 1.70. The van der Waals surface area contributed by atoms with E-state index >= 15 is 0 Å². The van der Waals surface area contributed by atoms with E-state index < -0.39 is 0 Å². The third-order valence-electron chi connectivity index (χ3n) is 4.29. The Bertz CT molecular complexity index is 507. The molecule has 0 saturated carbocycles. The zero-order valence-electron chi connectivity index (χ0n) is 14.3. The molecule has 2 amide bonds. The van der Waals surface area contributed by atoms with Gasteiger partial charge in [-0.2, -0.15) is 0 Å². The number of hydrogen-bond donors (Lipinski definition) is 2. The molecule has 0 bridgehead atoms. The van der Waals surface area contributed by atoms with Gasteiger partial charge >= 0.3 is 6.03 Å². The molecule has 23 heavy (non-hydrogen) atoms. The van der Waals surface area contributed by atoms with Crippen LogP contribution in [0, 0.1) is 5.92 Å². The Morgan fingerprint density at radius 3 is 3.04 bits per heavy atom. The number of hydrogen-bond acceptors (Lipinski definition) is 4. The summed E-state index contributed by atoms with van der Waals surface area (Å²) in [6.45, 7) is 7.89. The smallest absolute Gasteiger partial charge is 0.315 e. The van der Waals surface area contributed by atoms with Crippen LogP contribution in [0.3, 0.4) is 0 Å². The van der Waals surface area contributed by atoms with Gasteiger partial charge in [-0.05, 0) is 50.8 Å². The van der Waals surface area contributed by atoms with Crippen molar-refractivity contribution in [2.75, 3.05) is 26.7 Å². The predicted octanol–water partition coefficient (Wildman–Crippen LogP) is 2.01. The van der Waals surface area contributed by atoms with E-state index in [1.54, 1.807) is 13.3 Å². The van der Waals surface area contributed by atoms with E-state index in [-0.39, 0.29) is 6.03 Å². The highest BCUT2D eigenvalue weighted by molar-refractivity contribution is 5.73. The largest absolute Gasteiger partial charge is 0.481 e. The zero-order chi connectivity index (χ0) is 16.7. The number of pyridine rings is 1. The average Bonchev–Trinajstić information content (AvgIpc) is 2.58. The van der Waals surface area contributed by atoms with Gasteiger partial charge in [0.2, 0.25) is 5.88 Å². The lowest BCUT2D eigenvalue weighted by atomic mass is 9.97. The first kappa shape index (κ1) is 17.5. The Kier molecular flexibility index (Phi) is 6.65.